The Bertz CT molecular complexity index is 901. The summed E-state index contributed by atoms with van der Waals surface area (Å²) in [6, 6.07) is 7.34. The fourth-order valence-electron chi connectivity index (χ4n) is 2.05. The van der Waals surface area contributed by atoms with Gasteiger partial charge in [-0.2, -0.15) is 0 Å². The van der Waals surface area contributed by atoms with Crippen LogP contribution in [0.5, 0.6) is 0 Å². The summed E-state index contributed by atoms with van der Waals surface area (Å²) in [6.07, 6.45) is 0. The Morgan fingerprint density at radius 3 is 2.82 bits per heavy atom. The molecule has 0 aliphatic carbocycles. The van der Waals surface area contributed by atoms with Crippen LogP contribution in [-0.4, -0.2) is 15.1 Å². The van der Waals surface area contributed by atoms with E-state index in [9.17, 15) is 4.79 Å². The number of amidine groups is 1. The van der Waals surface area contributed by atoms with Crippen LogP contribution in [-0.2, 0) is 5.75 Å². The lowest BCUT2D eigenvalue weighted by atomic mass is 10.1. The third-order valence-corrected chi connectivity index (χ3v) is 4.87. The van der Waals surface area contributed by atoms with Crippen molar-refractivity contribution in [1.29, 1.82) is 5.41 Å². The summed E-state index contributed by atoms with van der Waals surface area (Å²) in [5.41, 5.74) is 6.89. The van der Waals surface area contributed by atoms with Crippen LogP contribution >= 0.6 is 34.7 Å². The molecule has 0 unspecified atom stereocenters. The number of nitrogens with zero attached hydrogens (tertiary/aromatic N) is 1. The van der Waals surface area contributed by atoms with Gasteiger partial charge in [-0.25, -0.2) is 4.98 Å². The molecule has 22 heavy (non-hydrogen) atoms. The van der Waals surface area contributed by atoms with E-state index in [0.29, 0.717) is 26.8 Å². The molecule has 0 aliphatic heterocycles. The summed E-state index contributed by atoms with van der Waals surface area (Å²) < 4.78 is 0. The molecule has 0 amide bonds. The number of thiophene rings is 1. The highest BCUT2D eigenvalue weighted by molar-refractivity contribution is 8.13. The van der Waals surface area contributed by atoms with Crippen molar-refractivity contribution in [3.8, 4) is 11.1 Å². The SMILES string of the molecule is N=C(N)SCc1nc2scc(-c3ccc(Cl)cc3)c2c(=O)[nH]1. The Balaban J connectivity index is 2.06. The molecule has 2 aromatic heterocycles. The van der Waals surface area contributed by atoms with Crippen LogP contribution in [0.3, 0.4) is 0 Å². The van der Waals surface area contributed by atoms with Crippen molar-refractivity contribution in [3.05, 3.63) is 50.8 Å². The zero-order valence-corrected chi connectivity index (χ0v) is 13.6. The van der Waals surface area contributed by atoms with E-state index in [-0.39, 0.29) is 10.7 Å². The van der Waals surface area contributed by atoms with E-state index in [1.165, 1.54) is 11.3 Å². The van der Waals surface area contributed by atoms with Gasteiger partial charge in [0.05, 0.1) is 11.1 Å². The summed E-state index contributed by atoms with van der Waals surface area (Å²) >= 11 is 8.44. The zero-order valence-electron chi connectivity index (χ0n) is 11.2. The molecule has 3 rings (SSSR count). The summed E-state index contributed by atoms with van der Waals surface area (Å²) in [4.78, 5) is 20.2. The predicted molar refractivity (Wildman–Crippen MR) is 93.9 cm³/mol. The lowest BCUT2D eigenvalue weighted by Crippen LogP contribution is -2.12. The molecule has 0 radical (unpaired) electrons. The van der Waals surface area contributed by atoms with Crippen molar-refractivity contribution >= 4 is 50.1 Å². The van der Waals surface area contributed by atoms with Crippen LogP contribution in [0.1, 0.15) is 5.82 Å². The fraction of sp³-hybridized carbons (Fsp3) is 0.0714. The Hall–Kier alpha value is -1.83. The molecule has 0 spiro atoms. The van der Waals surface area contributed by atoms with Gasteiger partial charge in [-0.1, -0.05) is 35.5 Å². The molecule has 4 N–H and O–H groups in total. The Morgan fingerprint density at radius 2 is 2.14 bits per heavy atom. The van der Waals surface area contributed by atoms with Crippen molar-refractivity contribution in [1.82, 2.24) is 9.97 Å². The van der Waals surface area contributed by atoms with Gasteiger partial charge in [0.1, 0.15) is 10.7 Å². The highest BCUT2D eigenvalue weighted by atomic mass is 35.5. The second kappa shape index (κ2) is 6.12. The van der Waals surface area contributed by atoms with Crippen LogP contribution in [0.4, 0.5) is 0 Å². The van der Waals surface area contributed by atoms with E-state index in [4.69, 9.17) is 22.7 Å². The number of aromatic nitrogens is 2. The summed E-state index contributed by atoms with van der Waals surface area (Å²) in [7, 11) is 0. The van der Waals surface area contributed by atoms with Gasteiger partial charge in [-0.15, -0.1) is 11.3 Å². The van der Waals surface area contributed by atoms with Crippen LogP contribution in [0, 0.1) is 5.41 Å². The van der Waals surface area contributed by atoms with E-state index in [0.717, 1.165) is 22.9 Å². The summed E-state index contributed by atoms with van der Waals surface area (Å²) in [5.74, 6) is 0.886. The van der Waals surface area contributed by atoms with Crippen LogP contribution < -0.4 is 11.3 Å². The number of rotatable bonds is 3. The van der Waals surface area contributed by atoms with Crippen LogP contribution in [0.2, 0.25) is 5.02 Å². The average Bonchev–Trinajstić information content (AvgIpc) is 2.90. The Labute approximate surface area is 139 Å². The Morgan fingerprint density at radius 1 is 1.41 bits per heavy atom. The van der Waals surface area contributed by atoms with Gasteiger partial charge in [-0.3, -0.25) is 10.2 Å². The number of hydrogen-bond donors (Lipinski definition) is 3. The standard InChI is InChI=1S/C14H11ClN4OS2/c15-8-3-1-7(2-4-8)9-5-21-13-11(9)12(20)18-10(19-13)6-22-14(16)17/h1-5H,6H2,(H3,16,17)(H,18,19,20). The molecule has 0 atom stereocenters. The van der Waals surface area contributed by atoms with E-state index in [2.05, 4.69) is 9.97 Å². The molecule has 0 aliphatic rings. The molecule has 0 saturated heterocycles. The minimum atomic E-state index is -0.185. The first-order valence-electron chi connectivity index (χ1n) is 6.28. The van der Waals surface area contributed by atoms with E-state index in [1.54, 1.807) is 12.1 Å². The largest absolute Gasteiger partial charge is 0.379 e. The maximum atomic E-state index is 12.4. The molecular formula is C14H11ClN4OS2. The second-order valence-corrected chi connectivity index (χ2v) is 6.81. The fourth-order valence-corrected chi connectivity index (χ4v) is 3.57. The van der Waals surface area contributed by atoms with Crippen molar-refractivity contribution in [2.45, 2.75) is 5.75 Å². The molecule has 2 heterocycles. The third-order valence-electron chi connectivity index (χ3n) is 3.01. The number of hydrogen-bond acceptors (Lipinski definition) is 5. The number of fused-ring (bicyclic) bond motifs is 1. The maximum absolute atomic E-state index is 12.4. The molecule has 0 fully saturated rings. The highest BCUT2D eigenvalue weighted by Gasteiger charge is 2.13. The number of aromatic amines is 1. The average molecular weight is 351 g/mol. The number of thioether (sulfide) groups is 1. The molecule has 1 aromatic carbocycles. The van der Waals surface area contributed by atoms with Crippen LogP contribution in [0.25, 0.3) is 21.3 Å². The smallest absolute Gasteiger partial charge is 0.260 e. The van der Waals surface area contributed by atoms with E-state index < -0.39 is 0 Å². The van der Waals surface area contributed by atoms with Gasteiger partial charge in [0, 0.05) is 16.0 Å². The van der Waals surface area contributed by atoms with Crippen molar-refractivity contribution in [2.24, 2.45) is 5.73 Å². The van der Waals surface area contributed by atoms with Crippen LogP contribution in [0.15, 0.2) is 34.4 Å². The predicted octanol–water partition coefficient (Wildman–Crippen LogP) is 3.43. The molecule has 8 heteroatoms. The Kier molecular flexibility index (Phi) is 4.19. The monoisotopic (exact) mass is 350 g/mol. The first-order valence-corrected chi connectivity index (χ1v) is 8.52. The topological polar surface area (TPSA) is 95.6 Å². The van der Waals surface area contributed by atoms with Gasteiger partial charge in [0.2, 0.25) is 0 Å². The second-order valence-electron chi connectivity index (χ2n) is 4.50. The van der Waals surface area contributed by atoms with Gasteiger partial charge in [0.25, 0.3) is 5.56 Å². The summed E-state index contributed by atoms with van der Waals surface area (Å²) in [5, 5.41) is 10.3. The lowest BCUT2D eigenvalue weighted by Gasteiger charge is -2.02. The highest BCUT2D eigenvalue weighted by Crippen LogP contribution is 2.31. The van der Waals surface area contributed by atoms with Crippen molar-refractivity contribution in [3.63, 3.8) is 0 Å². The van der Waals surface area contributed by atoms with Gasteiger partial charge in [-0.05, 0) is 17.7 Å². The molecule has 5 nitrogen and oxygen atoms in total. The number of nitrogens with one attached hydrogen (secondary N) is 2. The summed E-state index contributed by atoms with van der Waals surface area (Å²) in [6.45, 7) is 0. The first kappa shape index (κ1) is 15.1. The van der Waals surface area contributed by atoms with Gasteiger partial charge in [0.15, 0.2) is 5.17 Å². The maximum Gasteiger partial charge on any atom is 0.260 e. The van der Waals surface area contributed by atoms with Gasteiger partial charge < -0.3 is 10.7 Å². The quantitative estimate of drug-likeness (QED) is 0.498. The number of H-pyrrole nitrogens is 1. The van der Waals surface area contributed by atoms with Crippen molar-refractivity contribution < 1.29 is 0 Å². The minimum Gasteiger partial charge on any atom is -0.379 e. The molecular weight excluding hydrogens is 340 g/mol. The molecule has 0 bridgehead atoms. The van der Waals surface area contributed by atoms with Gasteiger partial charge >= 0.3 is 0 Å². The third kappa shape index (κ3) is 3.01. The first-order chi connectivity index (χ1) is 10.5. The van der Waals surface area contributed by atoms with E-state index >= 15 is 0 Å². The molecule has 112 valence electrons. The number of halogens is 1. The normalized spacial score (nSPS) is 11.0. The van der Waals surface area contributed by atoms with E-state index in [1.807, 2.05) is 17.5 Å². The number of nitrogens with two attached hydrogens (primary N) is 1. The molecule has 0 saturated carbocycles. The number of benzene rings is 1. The minimum absolute atomic E-state index is 0.00391. The zero-order chi connectivity index (χ0) is 15.7. The lowest BCUT2D eigenvalue weighted by molar-refractivity contribution is 1.05. The molecule has 3 aromatic rings. The van der Waals surface area contributed by atoms with Crippen molar-refractivity contribution in [2.75, 3.05) is 0 Å².